The maximum Gasteiger partial charge on any atom is 0.248 e. The summed E-state index contributed by atoms with van der Waals surface area (Å²) in [6, 6.07) is 3.97. The zero-order valence-electron chi connectivity index (χ0n) is 14.9. The van der Waals surface area contributed by atoms with Gasteiger partial charge < -0.3 is 14.0 Å². The molecule has 1 aliphatic carbocycles. The first-order valence-electron chi connectivity index (χ1n) is 9.36. The van der Waals surface area contributed by atoms with E-state index in [-0.39, 0.29) is 5.91 Å². The molecular formula is C20H24N2O3S. The second kappa shape index (κ2) is 7.66. The van der Waals surface area contributed by atoms with E-state index in [1.807, 2.05) is 22.8 Å². The van der Waals surface area contributed by atoms with Crippen molar-refractivity contribution in [2.45, 2.75) is 45.1 Å². The van der Waals surface area contributed by atoms with Gasteiger partial charge in [0.15, 0.2) is 16.3 Å². The van der Waals surface area contributed by atoms with Gasteiger partial charge in [0.25, 0.3) is 0 Å². The van der Waals surface area contributed by atoms with Crippen LogP contribution in [0.3, 0.4) is 0 Å². The molecule has 0 N–H and O–H groups in total. The maximum atomic E-state index is 12.5. The fourth-order valence-electron chi connectivity index (χ4n) is 3.79. The lowest BCUT2D eigenvalue weighted by Gasteiger charge is -2.19. The van der Waals surface area contributed by atoms with Crippen LogP contribution in [0, 0.1) is 5.92 Å². The molecule has 2 aliphatic rings. The molecule has 26 heavy (non-hydrogen) atoms. The Bertz CT molecular complexity index is 890. The van der Waals surface area contributed by atoms with Crippen LogP contribution >= 0.6 is 11.3 Å². The van der Waals surface area contributed by atoms with Crippen molar-refractivity contribution in [3.63, 3.8) is 0 Å². The predicted molar refractivity (Wildman–Crippen MR) is 103 cm³/mol. The summed E-state index contributed by atoms with van der Waals surface area (Å²) in [6.07, 6.45) is 8.47. The van der Waals surface area contributed by atoms with Crippen molar-refractivity contribution >= 4 is 27.5 Å². The van der Waals surface area contributed by atoms with E-state index in [1.165, 1.54) is 30.6 Å². The summed E-state index contributed by atoms with van der Waals surface area (Å²) in [4.78, 5) is 17.7. The van der Waals surface area contributed by atoms with Crippen molar-refractivity contribution in [3.8, 4) is 11.5 Å². The smallest absolute Gasteiger partial charge is 0.248 e. The summed E-state index contributed by atoms with van der Waals surface area (Å²) >= 11 is 1.52. The SMILES string of the molecule is C=CCn1c(=NC(=O)CC2CCCCC2)sc2cc3c(cc21)OCCO3. The molecule has 1 aromatic carbocycles. The van der Waals surface area contributed by atoms with Crippen molar-refractivity contribution in [3.05, 3.63) is 29.6 Å². The van der Waals surface area contributed by atoms with Crippen LogP contribution in [-0.2, 0) is 11.3 Å². The zero-order valence-corrected chi connectivity index (χ0v) is 15.7. The number of benzene rings is 1. The number of ether oxygens (including phenoxy) is 2. The Morgan fingerprint density at radius 3 is 2.69 bits per heavy atom. The number of aromatic nitrogens is 1. The lowest BCUT2D eigenvalue weighted by molar-refractivity contribution is -0.119. The summed E-state index contributed by atoms with van der Waals surface area (Å²) in [7, 11) is 0. The van der Waals surface area contributed by atoms with Gasteiger partial charge in [-0.2, -0.15) is 4.99 Å². The molecule has 6 heteroatoms. The van der Waals surface area contributed by atoms with Crippen LogP contribution in [0.5, 0.6) is 11.5 Å². The molecule has 1 saturated carbocycles. The molecule has 1 fully saturated rings. The highest BCUT2D eigenvalue weighted by Crippen LogP contribution is 2.35. The second-order valence-electron chi connectivity index (χ2n) is 6.96. The van der Waals surface area contributed by atoms with Gasteiger partial charge in [-0.1, -0.05) is 36.7 Å². The van der Waals surface area contributed by atoms with E-state index in [1.54, 1.807) is 0 Å². The Morgan fingerprint density at radius 2 is 1.96 bits per heavy atom. The maximum absolute atomic E-state index is 12.5. The standard InChI is InChI=1S/C20H24N2O3S/c1-2-8-22-15-12-16-17(25-10-9-24-16)13-18(15)26-20(22)21-19(23)11-14-6-4-3-5-7-14/h2,12-14H,1,3-11H2. The van der Waals surface area contributed by atoms with Crippen molar-refractivity contribution in [2.24, 2.45) is 10.9 Å². The van der Waals surface area contributed by atoms with Crippen molar-refractivity contribution < 1.29 is 14.3 Å². The van der Waals surface area contributed by atoms with Crippen LogP contribution in [0.15, 0.2) is 29.8 Å². The summed E-state index contributed by atoms with van der Waals surface area (Å²) in [5.74, 6) is 1.99. The van der Waals surface area contributed by atoms with E-state index in [0.29, 0.717) is 32.1 Å². The Kier molecular flexibility index (Phi) is 5.11. The van der Waals surface area contributed by atoms with Gasteiger partial charge in [-0.3, -0.25) is 4.79 Å². The van der Waals surface area contributed by atoms with Gasteiger partial charge in [-0.25, -0.2) is 0 Å². The van der Waals surface area contributed by atoms with Crippen LogP contribution in [0.25, 0.3) is 10.2 Å². The van der Waals surface area contributed by atoms with Gasteiger partial charge in [0, 0.05) is 25.1 Å². The largest absolute Gasteiger partial charge is 0.486 e. The molecule has 0 unspecified atom stereocenters. The fourth-order valence-corrected chi connectivity index (χ4v) is 4.85. The average molecular weight is 372 g/mol. The molecule has 2 aromatic rings. The number of rotatable bonds is 4. The van der Waals surface area contributed by atoms with Gasteiger partial charge in [-0.15, -0.1) is 6.58 Å². The van der Waals surface area contributed by atoms with Gasteiger partial charge in [-0.05, 0) is 18.8 Å². The first-order chi connectivity index (χ1) is 12.7. The fraction of sp³-hybridized carbons (Fsp3) is 0.500. The van der Waals surface area contributed by atoms with Gasteiger partial charge >= 0.3 is 0 Å². The quantitative estimate of drug-likeness (QED) is 0.761. The molecule has 0 bridgehead atoms. The topological polar surface area (TPSA) is 52.8 Å². The minimum atomic E-state index is -0.0152. The molecule has 0 atom stereocenters. The predicted octanol–water partition coefficient (Wildman–Crippen LogP) is 4.06. The van der Waals surface area contributed by atoms with E-state index in [9.17, 15) is 4.79 Å². The summed E-state index contributed by atoms with van der Waals surface area (Å²) < 4.78 is 14.4. The number of hydrogen-bond donors (Lipinski definition) is 0. The lowest BCUT2D eigenvalue weighted by Crippen LogP contribution is -2.18. The molecule has 2 heterocycles. The number of fused-ring (bicyclic) bond motifs is 2. The lowest BCUT2D eigenvalue weighted by atomic mass is 9.87. The molecule has 1 aliphatic heterocycles. The molecule has 5 nitrogen and oxygen atoms in total. The van der Waals surface area contributed by atoms with Crippen LogP contribution in [0.1, 0.15) is 38.5 Å². The van der Waals surface area contributed by atoms with Gasteiger partial charge in [0.2, 0.25) is 5.91 Å². The van der Waals surface area contributed by atoms with E-state index in [2.05, 4.69) is 11.6 Å². The monoisotopic (exact) mass is 372 g/mol. The number of thiazole rings is 1. The van der Waals surface area contributed by atoms with Gasteiger partial charge in [0.1, 0.15) is 13.2 Å². The molecule has 4 rings (SSSR count). The third kappa shape index (κ3) is 3.56. The first kappa shape index (κ1) is 17.3. The molecule has 0 spiro atoms. The van der Waals surface area contributed by atoms with Crippen molar-refractivity contribution in [1.29, 1.82) is 0 Å². The van der Waals surface area contributed by atoms with E-state index < -0.39 is 0 Å². The Balaban J connectivity index is 1.69. The first-order valence-corrected chi connectivity index (χ1v) is 10.2. The number of carbonyl (C=O) groups is 1. The highest BCUT2D eigenvalue weighted by molar-refractivity contribution is 7.16. The number of hydrogen-bond acceptors (Lipinski definition) is 4. The molecule has 1 aromatic heterocycles. The van der Waals surface area contributed by atoms with E-state index >= 15 is 0 Å². The highest BCUT2D eigenvalue weighted by atomic mass is 32.1. The average Bonchev–Trinajstić information content (AvgIpc) is 2.97. The van der Waals surface area contributed by atoms with Crippen LogP contribution in [-0.4, -0.2) is 23.7 Å². The second-order valence-corrected chi connectivity index (χ2v) is 7.97. The number of allylic oxidation sites excluding steroid dienone is 1. The van der Waals surface area contributed by atoms with Crippen molar-refractivity contribution in [1.82, 2.24) is 4.57 Å². The van der Waals surface area contributed by atoms with Crippen LogP contribution < -0.4 is 14.3 Å². The highest BCUT2D eigenvalue weighted by Gasteiger charge is 2.18. The summed E-state index contributed by atoms with van der Waals surface area (Å²) in [6.45, 7) is 5.57. The van der Waals surface area contributed by atoms with Crippen LogP contribution in [0.2, 0.25) is 0 Å². The number of nitrogens with zero attached hydrogens (tertiary/aromatic N) is 2. The summed E-state index contributed by atoms with van der Waals surface area (Å²) in [5.41, 5.74) is 1.00. The minimum absolute atomic E-state index is 0.0152. The number of amides is 1. The Labute approximate surface area is 157 Å². The summed E-state index contributed by atoms with van der Waals surface area (Å²) in [5, 5.41) is 0. The van der Waals surface area contributed by atoms with E-state index in [4.69, 9.17) is 9.47 Å². The third-order valence-corrected chi connectivity index (χ3v) is 6.11. The van der Waals surface area contributed by atoms with Gasteiger partial charge in [0.05, 0.1) is 10.2 Å². The van der Waals surface area contributed by atoms with Crippen molar-refractivity contribution in [2.75, 3.05) is 13.2 Å². The molecular weight excluding hydrogens is 348 g/mol. The molecule has 0 radical (unpaired) electrons. The molecule has 138 valence electrons. The Morgan fingerprint density at radius 1 is 1.23 bits per heavy atom. The molecule has 0 saturated heterocycles. The third-order valence-electron chi connectivity index (χ3n) is 5.07. The normalized spacial score (nSPS) is 18.2. The Hall–Kier alpha value is -2.08. The zero-order chi connectivity index (χ0) is 17.9. The van der Waals surface area contributed by atoms with Crippen LogP contribution in [0.4, 0.5) is 0 Å². The van der Waals surface area contributed by atoms with E-state index in [0.717, 1.165) is 39.4 Å². The minimum Gasteiger partial charge on any atom is -0.486 e. The number of carbonyl (C=O) groups excluding carboxylic acids is 1. The molecule has 1 amide bonds.